The van der Waals surface area contributed by atoms with Gasteiger partial charge in [-0.3, -0.25) is 4.39 Å². The zero-order valence-corrected chi connectivity index (χ0v) is 5.24. The average molecular weight is 134 g/mol. The van der Waals surface area contributed by atoms with Gasteiger partial charge in [0.15, 0.2) is 0 Å². The van der Waals surface area contributed by atoms with E-state index in [0.29, 0.717) is 0 Å². The van der Waals surface area contributed by atoms with Crippen molar-refractivity contribution in [2.24, 2.45) is 0 Å². The largest absolute Gasteiger partial charge is 1.00 e. The van der Waals surface area contributed by atoms with Crippen LogP contribution in [0.25, 0.3) is 0 Å². The minimum Gasteiger partial charge on any atom is -0.748 e. The summed E-state index contributed by atoms with van der Waals surface area (Å²) in [6.45, 7) is -1.09. The molecule has 44 valence electrons. The first kappa shape index (κ1) is 11.3. The number of hydrogen-bond donors (Lipinski definition) is 0. The third-order valence-corrected chi connectivity index (χ3v) is 0.981. The van der Waals surface area contributed by atoms with Crippen molar-refractivity contribution in [3.63, 3.8) is 0 Å². The fourth-order valence-electron chi connectivity index (χ4n) is 0.0945. The second-order valence-corrected chi connectivity index (χ2v) is 2.47. The molecule has 0 aromatic heterocycles. The summed E-state index contributed by atoms with van der Waals surface area (Å²) in [4.78, 5) is 0. The van der Waals surface area contributed by atoms with Crippen LogP contribution in [0.3, 0.4) is 0 Å². The standard InChI is InChI=1S/C2H5FO3S.Li/c3-1-2-7(4,5)6;/h1-2H2,(H,4,5,6);/q;+1/p-1. The topological polar surface area (TPSA) is 57.2 Å². The zero-order chi connectivity index (χ0) is 5.91. The Labute approximate surface area is 59.2 Å². The van der Waals surface area contributed by atoms with Crippen LogP contribution in [-0.4, -0.2) is 25.4 Å². The Morgan fingerprint density at radius 3 is 1.88 bits per heavy atom. The first-order valence-electron chi connectivity index (χ1n) is 1.56. The molecular weight excluding hydrogens is 130 g/mol. The van der Waals surface area contributed by atoms with Crippen LogP contribution in [0.15, 0.2) is 0 Å². The van der Waals surface area contributed by atoms with Gasteiger partial charge in [-0.2, -0.15) is 0 Å². The molecule has 0 fully saturated rings. The molecule has 0 spiro atoms. The maximum atomic E-state index is 10.9. The van der Waals surface area contributed by atoms with Gasteiger partial charge in [0.1, 0.15) is 6.67 Å². The Balaban J connectivity index is 0. The monoisotopic (exact) mass is 134 g/mol. The van der Waals surface area contributed by atoms with E-state index in [1.807, 2.05) is 0 Å². The molecule has 0 rings (SSSR count). The summed E-state index contributed by atoms with van der Waals surface area (Å²) in [7, 11) is -4.30. The predicted molar refractivity (Wildman–Crippen MR) is 20.5 cm³/mol. The summed E-state index contributed by atoms with van der Waals surface area (Å²) >= 11 is 0. The fraction of sp³-hybridized carbons (Fsp3) is 1.00. The summed E-state index contributed by atoms with van der Waals surface area (Å²) in [5.41, 5.74) is 0. The summed E-state index contributed by atoms with van der Waals surface area (Å²) in [6.07, 6.45) is 0. The molecule has 0 aliphatic heterocycles. The second kappa shape index (κ2) is 4.33. The van der Waals surface area contributed by atoms with Gasteiger partial charge in [-0.05, 0) is 0 Å². The van der Waals surface area contributed by atoms with Crippen molar-refractivity contribution in [2.75, 3.05) is 12.4 Å². The van der Waals surface area contributed by atoms with Gasteiger partial charge < -0.3 is 4.55 Å². The molecule has 3 nitrogen and oxygen atoms in total. The van der Waals surface area contributed by atoms with Crippen LogP contribution in [-0.2, 0) is 10.1 Å². The summed E-state index contributed by atoms with van der Waals surface area (Å²) in [5, 5.41) is 0. The summed E-state index contributed by atoms with van der Waals surface area (Å²) in [6, 6.07) is 0. The minimum atomic E-state index is -4.30. The molecule has 8 heavy (non-hydrogen) atoms. The van der Waals surface area contributed by atoms with E-state index in [-0.39, 0.29) is 18.9 Å². The summed E-state index contributed by atoms with van der Waals surface area (Å²) < 4.78 is 39.2. The molecule has 0 amide bonds. The van der Waals surface area contributed by atoms with Crippen LogP contribution >= 0.6 is 0 Å². The Hall–Kier alpha value is 0.437. The zero-order valence-electron chi connectivity index (χ0n) is 4.43. The van der Waals surface area contributed by atoms with Gasteiger partial charge in [0.25, 0.3) is 0 Å². The Morgan fingerprint density at radius 2 is 1.88 bits per heavy atom. The van der Waals surface area contributed by atoms with Gasteiger partial charge in [0.05, 0.1) is 15.9 Å². The van der Waals surface area contributed by atoms with Gasteiger partial charge in [0, 0.05) is 0 Å². The third-order valence-electron chi connectivity index (χ3n) is 0.327. The van der Waals surface area contributed by atoms with Crippen LogP contribution in [0.4, 0.5) is 4.39 Å². The van der Waals surface area contributed by atoms with E-state index in [2.05, 4.69) is 0 Å². The molecule has 0 radical (unpaired) electrons. The molecule has 0 saturated heterocycles. The van der Waals surface area contributed by atoms with Crippen LogP contribution in [0.2, 0.25) is 0 Å². The van der Waals surface area contributed by atoms with Crippen molar-refractivity contribution in [1.29, 1.82) is 0 Å². The van der Waals surface area contributed by atoms with Crippen molar-refractivity contribution in [3.8, 4) is 0 Å². The van der Waals surface area contributed by atoms with Crippen LogP contribution in [0.5, 0.6) is 0 Å². The van der Waals surface area contributed by atoms with Crippen LogP contribution in [0.1, 0.15) is 0 Å². The third kappa shape index (κ3) is 9.67. The van der Waals surface area contributed by atoms with Gasteiger partial charge in [-0.25, -0.2) is 8.42 Å². The maximum Gasteiger partial charge on any atom is 1.00 e. The van der Waals surface area contributed by atoms with Gasteiger partial charge in [0.2, 0.25) is 0 Å². The second-order valence-electron chi connectivity index (χ2n) is 0.951. The van der Waals surface area contributed by atoms with Crippen molar-refractivity contribution >= 4 is 10.1 Å². The average Bonchev–Trinajstić information content (AvgIpc) is 1.30. The van der Waals surface area contributed by atoms with E-state index < -0.39 is 22.5 Å². The van der Waals surface area contributed by atoms with E-state index in [1.54, 1.807) is 0 Å². The molecule has 0 aliphatic carbocycles. The van der Waals surface area contributed by atoms with Gasteiger partial charge in [-0.1, -0.05) is 0 Å². The van der Waals surface area contributed by atoms with Crippen molar-refractivity contribution in [3.05, 3.63) is 0 Å². The number of halogens is 1. The normalized spacial score (nSPS) is 10.2. The molecule has 0 aromatic carbocycles. The van der Waals surface area contributed by atoms with Gasteiger partial charge >= 0.3 is 18.9 Å². The fourth-order valence-corrected chi connectivity index (χ4v) is 0.283. The molecule has 0 atom stereocenters. The first-order valence-corrected chi connectivity index (χ1v) is 3.13. The van der Waals surface area contributed by atoms with E-state index in [9.17, 15) is 17.4 Å². The van der Waals surface area contributed by atoms with Crippen LogP contribution in [0, 0.1) is 0 Å². The Bertz CT molecular complexity index is 130. The molecule has 0 N–H and O–H groups in total. The molecule has 0 aliphatic rings. The van der Waals surface area contributed by atoms with Crippen LogP contribution < -0.4 is 18.9 Å². The molecular formula is C2H4FLiO3S. The Morgan fingerprint density at radius 1 is 1.50 bits per heavy atom. The molecule has 6 heteroatoms. The van der Waals surface area contributed by atoms with E-state index in [4.69, 9.17) is 0 Å². The van der Waals surface area contributed by atoms with Gasteiger partial charge in [-0.15, -0.1) is 0 Å². The van der Waals surface area contributed by atoms with Crippen molar-refractivity contribution in [2.45, 2.75) is 0 Å². The quantitative estimate of drug-likeness (QED) is 0.291. The van der Waals surface area contributed by atoms with E-state index in [0.717, 1.165) is 0 Å². The number of alkyl halides is 1. The number of hydrogen-bond acceptors (Lipinski definition) is 3. The molecule has 0 aromatic rings. The van der Waals surface area contributed by atoms with E-state index >= 15 is 0 Å². The summed E-state index contributed by atoms with van der Waals surface area (Å²) in [5.74, 6) is -0.910. The SMILES string of the molecule is O=S(=O)([O-])CCF.[Li+]. The first-order chi connectivity index (χ1) is 3.06. The molecule has 0 saturated carbocycles. The predicted octanol–water partition coefficient (Wildman–Crippen LogP) is -3.49. The smallest absolute Gasteiger partial charge is 0.748 e. The minimum absolute atomic E-state index is 0. The molecule has 0 bridgehead atoms. The van der Waals surface area contributed by atoms with E-state index in [1.165, 1.54) is 0 Å². The molecule has 0 unspecified atom stereocenters. The van der Waals surface area contributed by atoms with Crippen molar-refractivity contribution in [1.82, 2.24) is 0 Å². The molecule has 0 heterocycles. The van der Waals surface area contributed by atoms with Crippen molar-refractivity contribution < 1.29 is 36.2 Å². The number of rotatable bonds is 2. The maximum absolute atomic E-state index is 10.9. The Kier molecular flexibility index (Phi) is 6.09.